The summed E-state index contributed by atoms with van der Waals surface area (Å²) in [6, 6.07) is 5.28. The van der Waals surface area contributed by atoms with Crippen LogP contribution in [0.15, 0.2) is 23.6 Å². The number of aromatic nitrogens is 1. The molecule has 1 aliphatic rings. The Labute approximate surface area is 142 Å². The summed E-state index contributed by atoms with van der Waals surface area (Å²) in [4.78, 5) is 7.14. The van der Waals surface area contributed by atoms with E-state index in [1.807, 2.05) is 6.07 Å². The van der Waals surface area contributed by atoms with Crippen LogP contribution in [0.3, 0.4) is 0 Å². The number of anilines is 1. The largest absolute Gasteiger partial charge is 0.380 e. The highest BCUT2D eigenvalue weighted by Crippen LogP contribution is 2.37. The van der Waals surface area contributed by atoms with Crippen LogP contribution in [-0.4, -0.2) is 38.2 Å². The van der Waals surface area contributed by atoms with Crippen LogP contribution in [0.25, 0.3) is 11.3 Å². The number of ether oxygens (including phenoxy) is 1. The van der Waals surface area contributed by atoms with Gasteiger partial charge in [0.2, 0.25) is 0 Å². The Morgan fingerprint density at radius 3 is 2.83 bits per heavy atom. The van der Waals surface area contributed by atoms with E-state index in [4.69, 9.17) is 9.72 Å². The Morgan fingerprint density at radius 1 is 1.30 bits per heavy atom. The zero-order chi connectivity index (χ0) is 16.2. The summed E-state index contributed by atoms with van der Waals surface area (Å²) in [6.07, 6.45) is 4.33. The molecule has 0 aliphatic carbocycles. The van der Waals surface area contributed by atoms with Crippen LogP contribution in [0, 0.1) is 5.82 Å². The van der Waals surface area contributed by atoms with E-state index in [2.05, 4.69) is 16.9 Å². The van der Waals surface area contributed by atoms with Crippen molar-refractivity contribution in [2.24, 2.45) is 0 Å². The Morgan fingerprint density at radius 2 is 2.09 bits per heavy atom. The monoisotopic (exact) mass is 352 g/mol. The Balaban J connectivity index is 1.92. The lowest BCUT2D eigenvalue weighted by atomic mass is 10.1. The van der Waals surface area contributed by atoms with Crippen LogP contribution in [0.1, 0.15) is 19.3 Å². The molecule has 3 nitrogen and oxygen atoms in total. The van der Waals surface area contributed by atoms with Crippen LogP contribution >= 0.6 is 19.3 Å². The number of hydrogen-bond acceptors (Lipinski definition) is 4. The van der Waals surface area contributed by atoms with Gasteiger partial charge in [-0.05, 0) is 39.9 Å². The van der Waals surface area contributed by atoms with Gasteiger partial charge in [-0.3, -0.25) is 0 Å². The zero-order valence-electron chi connectivity index (χ0n) is 13.6. The van der Waals surface area contributed by atoms with E-state index in [-0.39, 0.29) is 5.82 Å². The van der Waals surface area contributed by atoms with Crippen molar-refractivity contribution >= 4 is 29.7 Å². The Hall–Kier alpha value is -1.03. The van der Waals surface area contributed by atoms with Crippen molar-refractivity contribution in [3.05, 3.63) is 29.4 Å². The first-order chi connectivity index (χ1) is 11.2. The molecule has 1 atom stereocenters. The highest BCUT2D eigenvalue weighted by Gasteiger charge is 2.20. The normalized spacial score (nSPS) is 16.6. The summed E-state index contributed by atoms with van der Waals surface area (Å²) in [5.74, 6) is -0.152. The minimum Gasteiger partial charge on any atom is -0.380 e. The van der Waals surface area contributed by atoms with Crippen LogP contribution in [-0.2, 0) is 4.74 Å². The van der Waals surface area contributed by atoms with Crippen LogP contribution < -0.4 is 10.2 Å². The topological polar surface area (TPSA) is 25.4 Å². The second kappa shape index (κ2) is 7.69. The summed E-state index contributed by atoms with van der Waals surface area (Å²) in [6.45, 7) is 4.21. The van der Waals surface area contributed by atoms with Gasteiger partial charge < -0.3 is 9.64 Å². The third kappa shape index (κ3) is 3.73. The minimum absolute atomic E-state index is 0.152. The van der Waals surface area contributed by atoms with Crippen molar-refractivity contribution in [1.82, 2.24) is 4.98 Å². The molecule has 0 N–H and O–H groups in total. The predicted molar refractivity (Wildman–Crippen MR) is 97.9 cm³/mol. The lowest BCUT2D eigenvalue weighted by Gasteiger charge is -2.25. The number of methoxy groups -OCH3 is 1. The molecule has 2 aromatic rings. The first-order valence-electron chi connectivity index (χ1n) is 7.90. The third-order valence-electron chi connectivity index (χ3n) is 4.09. The molecule has 2 heterocycles. The van der Waals surface area contributed by atoms with E-state index in [1.165, 1.54) is 25.3 Å². The van der Waals surface area contributed by atoms with E-state index in [0.717, 1.165) is 34.8 Å². The molecule has 23 heavy (non-hydrogen) atoms. The maximum absolute atomic E-state index is 14.4. The molecule has 3 rings (SSSR count). The second-order valence-corrected chi connectivity index (χ2v) is 8.75. The molecule has 1 aromatic heterocycles. The molecule has 0 amide bonds. The van der Waals surface area contributed by atoms with Crippen LogP contribution in [0.2, 0.25) is 0 Å². The molecule has 0 saturated carbocycles. The fourth-order valence-corrected chi connectivity index (χ4v) is 5.42. The van der Waals surface area contributed by atoms with E-state index < -0.39 is 7.92 Å². The Kier molecular flexibility index (Phi) is 5.62. The van der Waals surface area contributed by atoms with Gasteiger partial charge >= 0.3 is 0 Å². The summed E-state index contributed by atoms with van der Waals surface area (Å²) in [5.41, 5.74) is 1.80. The summed E-state index contributed by atoms with van der Waals surface area (Å²) >= 11 is 1.66. The van der Waals surface area contributed by atoms with Gasteiger partial charge in [0.25, 0.3) is 0 Å². The highest BCUT2D eigenvalue weighted by atomic mass is 32.1. The molecule has 1 saturated heterocycles. The molecule has 124 valence electrons. The fourth-order valence-electron chi connectivity index (χ4n) is 2.99. The number of benzene rings is 1. The predicted octanol–water partition coefficient (Wildman–Crippen LogP) is 4.28. The molecule has 0 spiro atoms. The number of thiazole rings is 1. The van der Waals surface area contributed by atoms with Gasteiger partial charge in [-0.15, -0.1) is 11.3 Å². The standard InChI is InChI=1S/C17H22FN2OPS/c1-21-12-22(2)16-13(7-6-8-14(16)18)15-11-23-17(19-15)20-9-4-3-5-10-20/h6-8,11H,3-5,9-10,12H2,1-2H3. The van der Waals surface area contributed by atoms with Gasteiger partial charge in [-0.1, -0.05) is 12.1 Å². The summed E-state index contributed by atoms with van der Waals surface area (Å²) in [7, 11) is 0.971. The van der Waals surface area contributed by atoms with Gasteiger partial charge in [0.1, 0.15) is 5.82 Å². The van der Waals surface area contributed by atoms with Crippen molar-refractivity contribution in [1.29, 1.82) is 0 Å². The van der Waals surface area contributed by atoms with Crippen molar-refractivity contribution in [2.45, 2.75) is 19.3 Å². The molecule has 1 aliphatic heterocycles. The van der Waals surface area contributed by atoms with Gasteiger partial charge in [0.05, 0.1) is 12.0 Å². The minimum atomic E-state index is -0.692. The van der Waals surface area contributed by atoms with Gasteiger partial charge in [0.15, 0.2) is 5.13 Å². The highest BCUT2D eigenvalue weighted by molar-refractivity contribution is 7.65. The molecule has 1 aromatic carbocycles. The fraction of sp³-hybridized carbons (Fsp3) is 0.471. The zero-order valence-corrected chi connectivity index (χ0v) is 15.3. The lowest BCUT2D eigenvalue weighted by molar-refractivity contribution is 0.256. The summed E-state index contributed by atoms with van der Waals surface area (Å²) < 4.78 is 19.6. The van der Waals surface area contributed by atoms with Crippen molar-refractivity contribution in [2.75, 3.05) is 38.1 Å². The lowest BCUT2D eigenvalue weighted by Crippen LogP contribution is -2.29. The second-order valence-electron chi connectivity index (χ2n) is 5.81. The third-order valence-corrected chi connectivity index (χ3v) is 6.85. The van der Waals surface area contributed by atoms with Gasteiger partial charge in [-0.2, -0.15) is 0 Å². The average molecular weight is 352 g/mol. The molecule has 1 unspecified atom stereocenters. The van der Waals surface area contributed by atoms with E-state index >= 15 is 0 Å². The van der Waals surface area contributed by atoms with Crippen LogP contribution in [0.5, 0.6) is 0 Å². The number of piperidine rings is 1. The molecule has 0 radical (unpaired) electrons. The van der Waals surface area contributed by atoms with Crippen molar-refractivity contribution in [3.8, 4) is 11.3 Å². The number of halogens is 1. The first-order valence-corrected chi connectivity index (χ1v) is 10.8. The SMILES string of the molecule is COCP(C)c1c(F)cccc1-c1csc(N2CCCCC2)n1. The summed E-state index contributed by atoms with van der Waals surface area (Å²) in [5, 5.41) is 3.87. The van der Waals surface area contributed by atoms with E-state index in [1.54, 1.807) is 24.5 Å². The maximum Gasteiger partial charge on any atom is 0.185 e. The smallest absolute Gasteiger partial charge is 0.185 e. The molecular formula is C17H22FN2OPS. The van der Waals surface area contributed by atoms with E-state index in [0.29, 0.717) is 6.35 Å². The molecular weight excluding hydrogens is 330 g/mol. The van der Waals surface area contributed by atoms with Crippen molar-refractivity contribution in [3.63, 3.8) is 0 Å². The van der Waals surface area contributed by atoms with Crippen molar-refractivity contribution < 1.29 is 9.13 Å². The molecule has 6 heteroatoms. The molecule has 0 bridgehead atoms. The first kappa shape index (κ1) is 16.8. The Bertz CT molecular complexity index is 658. The van der Waals surface area contributed by atoms with Crippen LogP contribution in [0.4, 0.5) is 9.52 Å². The number of rotatable bonds is 5. The maximum atomic E-state index is 14.4. The van der Waals surface area contributed by atoms with Gasteiger partial charge in [0, 0.05) is 36.4 Å². The average Bonchev–Trinajstić information content (AvgIpc) is 3.05. The van der Waals surface area contributed by atoms with Gasteiger partial charge in [-0.25, -0.2) is 9.37 Å². The number of nitrogens with zero attached hydrogens (tertiary/aromatic N) is 2. The quantitative estimate of drug-likeness (QED) is 0.751. The van der Waals surface area contributed by atoms with E-state index in [9.17, 15) is 4.39 Å². The number of hydrogen-bond donors (Lipinski definition) is 0. The molecule has 1 fully saturated rings.